The lowest BCUT2D eigenvalue weighted by Crippen LogP contribution is -2.35. The van der Waals surface area contributed by atoms with E-state index in [0.29, 0.717) is 19.0 Å². The molecule has 10 heteroatoms. The third kappa shape index (κ3) is 4.07. The van der Waals surface area contributed by atoms with E-state index in [2.05, 4.69) is 4.98 Å². The fourth-order valence-corrected chi connectivity index (χ4v) is 5.47. The number of thiazole rings is 1. The Morgan fingerprint density at radius 1 is 1.42 bits per heavy atom. The van der Waals surface area contributed by atoms with Crippen LogP contribution in [0.3, 0.4) is 0 Å². The molecule has 1 saturated heterocycles. The van der Waals surface area contributed by atoms with E-state index in [9.17, 15) is 22.0 Å². The normalized spacial score (nSPS) is 24.1. The molecule has 1 aromatic carbocycles. The summed E-state index contributed by atoms with van der Waals surface area (Å²) in [5.41, 5.74) is 0.792. The molecule has 2 fully saturated rings. The lowest BCUT2D eigenvalue weighted by atomic mass is 10.0. The smallest absolute Gasteiger partial charge is 0.281 e. The molecule has 4 rings (SSSR count). The van der Waals surface area contributed by atoms with Gasteiger partial charge in [0.2, 0.25) is 0 Å². The molecule has 2 heterocycles. The minimum Gasteiger partial charge on any atom is -0.484 e. The Hall–Kier alpha value is -2.07. The van der Waals surface area contributed by atoms with Crippen LogP contribution in [0.2, 0.25) is 0 Å². The fraction of sp³-hybridized carbons (Fsp3) is 0.524. The van der Waals surface area contributed by atoms with Crippen LogP contribution in [0.25, 0.3) is 0 Å². The molecule has 1 aromatic heterocycles. The second-order valence-corrected chi connectivity index (χ2v) is 11.7. The first-order chi connectivity index (χ1) is 14.3. The van der Waals surface area contributed by atoms with E-state index in [4.69, 9.17) is 4.74 Å². The molecule has 6 nitrogen and oxygen atoms in total. The van der Waals surface area contributed by atoms with Gasteiger partial charge in [0.05, 0.1) is 21.2 Å². The lowest BCUT2D eigenvalue weighted by molar-refractivity contribution is -0.0720. The number of aryl methyl sites for hydroxylation is 1. The highest BCUT2D eigenvalue weighted by Gasteiger charge is 2.63. The van der Waals surface area contributed by atoms with Crippen LogP contribution in [0.15, 0.2) is 28.5 Å². The van der Waals surface area contributed by atoms with Gasteiger partial charge in [0.15, 0.2) is 15.9 Å². The number of hydrogen-bond donors (Lipinski definition) is 0. The van der Waals surface area contributed by atoms with Gasteiger partial charge in [0.25, 0.3) is 11.8 Å². The van der Waals surface area contributed by atoms with Gasteiger partial charge in [0, 0.05) is 37.1 Å². The summed E-state index contributed by atoms with van der Waals surface area (Å²) in [5.74, 6) is -3.31. The molecule has 1 saturated carbocycles. The Kier molecular flexibility index (Phi) is 5.16. The van der Waals surface area contributed by atoms with Gasteiger partial charge in [-0.25, -0.2) is 22.2 Å². The molecule has 31 heavy (non-hydrogen) atoms. The van der Waals surface area contributed by atoms with Gasteiger partial charge < -0.3 is 9.64 Å². The summed E-state index contributed by atoms with van der Waals surface area (Å²) in [6, 6.07) is 3.77. The van der Waals surface area contributed by atoms with E-state index >= 15 is 0 Å². The summed E-state index contributed by atoms with van der Waals surface area (Å²) in [7, 11) is -3.59. The van der Waals surface area contributed by atoms with Crippen LogP contribution >= 0.6 is 11.3 Å². The van der Waals surface area contributed by atoms with Crippen LogP contribution in [0.4, 0.5) is 8.78 Å². The maximum absolute atomic E-state index is 13.7. The number of carbonyl (C=O) groups is 1. The van der Waals surface area contributed by atoms with Gasteiger partial charge in [-0.15, -0.1) is 11.3 Å². The summed E-state index contributed by atoms with van der Waals surface area (Å²) < 4.78 is 56.8. The molecule has 168 valence electrons. The van der Waals surface area contributed by atoms with E-state index in [-0.39, 0.29) is 21.6 Å². The second-order valence-electron chi connectivity index (χ2n) is 8.64. The van der Waals surface area contributed by atoms with Crippen molar-refractivity contribution >= 4 is 27.1 Å². The maximum Gasteiger partial charge on any atom is 0.281 e. The number of nitrogens with zero attached hydrogens (tertiary/aromatic N) is 2. The van der Waals surface area contributed by atoms with E-state index in [1.165, 1.54) is 25.1 Å². The summed E-state index contributed by atoms with van der Waals surface area (Å²) in [4.78, 5) is 19.5. The monoisotopic (exact) mass is 470 g/mol. The number of hydrogen-bond acceptors (Lipinski definition) is 6. The van der Waals surface area contributed by atoms with Crippen LogP contribution in [-0.2, 0) is 15.3 Å². The molecule has 3 unspecified atom stereocenters. The number of benzene rings is 1. The zero-order valence-electron chi connectivity index (χ0n) is 17.7. The summed E-state index contributed by atoms with van der Waals surface area (Å²) in [6.07, 6.45) is 0.496. The van der Waals surface area contributed by atoms with E-state index in [1.807, 2.05) is 12.3 Å². The van der Waals surface area contributed by atoms with Crippen LogP contribution in [-0.4, -0.2) is 55.6 Å². The van der Waals surface area contributed by atoms with Crippen molar-refractivity contribution in [2.45, 2.75) is 49.5 Å². The van der Waals surface area contributed by atoms with Crippen LogP contribution in [0, 0.1) is 12.8 Å². The second kappa shape index (κ2) is 7.23. The zero-order chi connectivity index (χ0) is 22.8. The van der Waals surface area contributed by atoms with Crippen LogP contribution in [0.1, 0.15) is 41.3 Å². The Labute approximate surface area is 184 Å². The van der Waals surface area contributed by atoms with E-state index in [0.717, 1.165) is 30.3 Å². The molecule has 3 atom stereocenters. The lowest BCUT2D eigenvalue weighted by Gasteiger charge is -2.25. The first-order valence-corrected chi connectivity index (χ1v) is 12.7. The first kappa shape index (κ1) is 22.1. The number of aromatic nitrogens is 1. The van der Waals surface area contributed by atoms with Gasteiger partial charge in [-0.05, 0) is 44.4 Å². The quantitative estimate of drug-likeness (QED) is 0.644. The van der Waals surface area contributed by atoms with Crippen molar-refractivity contribution in [2.75, 3.05) is 19.3 Å². The molecule has 0 spiro atoms. The van der Waals surface area contributed by atoms with Gasteiger partial charge in [0.1, 0.15) is 5.75 Å². The molecule has 0 N–H and O–H groups in total. The molecule has 1 aliphatic heterocycles. The Morgan fingerprint density at radius 2 is 2.13 bits per heavy atom. The largest absolute Gasteiger partial charge is 0.484 e. The Morgan fingerprint density at radius 3 is 2.71 bits per heavy atom. The minimum atomic E-state index is -3.59. The number of sulfone groups is 1. The van der Waals surface area contributed by atoms with Crippen LogP contribution in [0.5, 0.6) is 5.75 Å². The van der Waals surface area contributed by atoms with Crippen molar-refractivity contribution in [1.29, 1.82) is 0 Å². The number of alkyl halides is 2. The number of amides is 1. The molecule has 1 aliphatic carbocycles. The number of fused-ring (bicyclic) bond motifs is 1. The Bertz CT molecular complexity index is 1140. The van der Waals surface area contributed by atoms with Gasteiger partial charge in [-0.3, -0.25) is 4.79 Å². The highest BCUT2D eigenvalue weighted by molar-refractivity contribution is 7.90. The molecular formula is C21H24F2N2O4S2. The third-order valence-corrected chi connectivity index (χ3v) is 8.07. The van der Waals surface area contributed by atoms with Crippen molar-refractivity contribution in [3.8, 4) is 5.75 Å². The van der Waals surface area contributed by atoms with Gasteiger partial charge in [-0.1, -0.05) is 0 Å². The molecule has 0 radical (unpaired) electrons. The summed E-state index contributed by atoms with van der Waals surface area (Å²) in [5, 5.41) is 2.98. The van der Waals surface area contributed by atoms with Crippen molar-refractivity contribution in [3.63, 3.8) is 0 Å². The number of ether oxygens (including phenoxy) is 1. The maximum atomic E-state index is 13.7. The highest BCUT2D eigenvalue weighted by Crippen LogP contribution is 2.59. The van der Waals surface area contributed by atoms with Crippen molar-refractivity contribution in [1.82, 2.24) is 9.88 Å². The first-order valence-electron chi connectivity index (χ1n) is 9.92. The number of likely N-dealkylation sites (tertiary alicyclic amines) is 1. The molecule has 1 amide bonds. The zero-order valence-corrected chi connectivity index (χ0v) is 19.3. The number of carbonyl (C=O) groups excluding carboxylic acids is 1. The average Bonchev–Trinajstić information content (AvgIpc) is 2.99. The molecule has 0 bridgehead atoms. The van der Waals surface area contributed by atoms with Crippen molar-refractivity contribution in [2.24, 2.45) is 5.92 Å². The fourth-order valence-electron chi connectivity index (χ4n) is 4.10. The summed E-state index contributed by atoms with van der Waals surface area (Å²) in [6.45, 7) is 4.85. The molecular weight excluding hydrogens is 446 g/mol. The summed E-state index contributed by atoms with van der Waals surface area (Å²) >= 11 is 1.57. The van der Waals surface area contributed by atoms with Crippen molar-refractivity contribution in [3.05, 3.63) is 39.8 Å². The molecule has 2 aromatic rings. The topological polar surface area (TPSA) is 76.6 Å². The average molecular weight is 471 g/mol. The van der Waals surface area contributed by atoms with Crippen LogP contribution < -0.4 is 4.74 Å². The van der Waals surface area contributed by atoms with Gasteiger partial charge in [-0.2, -0.15) is 0 Å². The van der Waals surface area contributed by atoms with E-state index in [1.54, 1.807) is 16.2 Å². The highest BCUT2D eigenvalue weighted by atomic mass is 32.2. The van der Waals surface area contributed by atoms with E-state index < -0.39 is 27.8 Å². The third-order valence-electron chi connectivity index (χ3n) is 6.19. The number of halogens is 2. The SMILES string of the molecule is Cc1nc(C23CC2CN(C(=O)c2cc(S(C)(=O)=O)ccc2OC(C)C(C)(F)F)C3)cs1. The standard InChI is InChI=1S/C21H24F2N2O4S2/c1-12(20(3,22)23)29-17-6-5-15(31(4,27)28)7-16(17)19(26)25-9-14-8-21(14,11-25)18-10-30-13(2)24-18/h5-7,10,12,14H,8-9,11H2,1-4H3. The predicted octanol–water partition coefficient (Wildman–Crippen LogP) is 3.69. The van der Waals surface area contributed by atoms with Gasteiger partial charge >= 0.3 is 0 Å². The number of rotatable bonds is 6. The predicted molar refractivity (Wildman–Crippen MR) is 113 cm³/mol. The number of piperidine rings is 1. The van der Waals surface area contributed by atoms with Crippen molar-refractivity contribution < 1.29 is 26.7 Å². The molecule has 2 aliphatic rings. The minimum absolute atomic E-state index is 0.0232. The Balaban J connectivity index is 1.65.